The van der Waals surface area contributed by atoms with Crippen LogP contribution in [0.3, 0.4) is 0 Å². The number of methoxy groups -OCH3 is 1. The highest BCUT2D eigenvalue weighted by Crippen LogP contribution is 2.30. The van der Waals surface area contributed by atoms with Gasteiger partial charge in [-0.2, -0.15) is 11.3 Å². The fourth-order valence-electron chi connectivity index (χ4n) is 1.90. The first-order valence-corrected chi connectivity index (χ1v) is 6.41. The van der Waals surface area contributed by atoms with Crippen molar-refractivity contribution in [2.75, 3.05) is 14.2 Å². The van der Waals surface area contributed by atoms with Gasteiger partial charge in [0.15, 0.2) is 0 Å². The Labute approximate surface area is 105 Å². The molecule has 0 radical (unpaired) electrons. The number of nitrogens with one attached hydrogen (secondary N) is 1. The number of hydrogen-bond acceptors (Lipinski definition) is 4. The summed E-state index contributed by atoms with van der Waals surface area (Å²) in [5, 5.41) is 7.61. The van der Waals surface area contributed by atoms with E-state index in [9.17, 15) is 0 Å². The van der Waals surface area contributed by atoms with E-state index in [0.29, 0.717) is 0 Å². The Hall–Kier alpha value is -1.39. The lowest BCUT2D eigenvalue weighted by Gasteiger charge is -2.18. The van der Waals surface area contributed by atoms with Crippen LogP contribution in [0.4, 0.5) is 0 Å². The minimum atomic E-state index is 0.0809. The first-order valence-electron chi connectivity index (χ1n) is 5.46. The highest BCUT2D eigenvalue weighted by molar-refractivity contribution is 7.08. The van der Waals surface area contributed by atoms with Crippen LogP contribution in [0.1, 0.15) is 22.9 Å². The van der Waals surface area contributed by atoms with Gasteiger partial charge in [0.25, 0.3) is 0 Å². The van der Waals surface area contributed by atoms with Gasteiger partial charge in [-0.15, -0.1) is 0 Å². The zero-order valence-electron chi connectivity index (χ0n) is 10.2. The zero-order chi connectivity index (χ0) is 12.3. The Kier molecular flexibility index (Phi) is 3.76. The summed E-state index contributed by atoms with van der Waals surface area (Å²) in [4.78, 5) is 4.43. The number of aryl methyl sites for hydroxylation is 1. The molecule has 0 aromatic carbocycles. The predicted molar refractivity (Wildman–Crippen MR) is 70.7 cm³/mol. The van der Waals surface area contributed by atoms with E-state index in [4.69, 9.17) is 4.74 Å². The molecule has 0 saturated heterocycles. The summed E-state index contributed by atoms with van der Waals surface area (Å²) in [7, 11) is 3.61. The number of rotatable bonds is 4. The second-order valence-corrected chi connectivity index (χ2v) is 4.57. The monoisotopic (exact) mass is 248 g/mol. The van der Waals surface area contributed by atoms with Gasteiger partial charge in [0, 0.05) is 6.20 Å². The molecule has 4 heteroatoms. The molecule has 1 N–H and O–H groups in total. The summed E-state index contributed by atoms with van der Waals surface area (Å²) in [5.74, 6) is 0.817. The van der Waals surface area contributed by atoms with Gasteiger partial charge in [-0.25, -0.2) is 0 Å². The first-order chi connectivity index (χ1) is 8.27. The number of hydrogen-bond donors (Lipinski definition) is 1. The SMILES string of the molecule is CNC(c1cscc1C)c1ncccc1OC. The molecule has 2 rings (SSSR count). The van der Waals surface area contributed by atoms with E-state index in [0.717, 1.165) is 11.4 Å². The average Bonchev–Trinajstić information content (AvgIpc) is 2.78. The van der Waals surface area contributed by atoms with Crippen LogP contribution >= 0.6 is 11.3 Å². The number of ether oxygens (including phenoxy) is 1. The highest BCUT2D eigenvalue weighted by Gasteiger charge is 2.19. The Bertz CT molecular complexity index is 496. The van der Waals surface area contributed by atoms with Crippen LogP contribution in [0.5, 0.6) is 5.75 Å². The van der Waals surface area contributed by atoms with Crippen molar-refractivity contribution in [2.24, 2.45) is 0 Å². The lowest BCUT2D eigenvalue weighted by molar-refractivity contribution is 0.401. The topological polar surface area (TPSA) is 34.2 Å². The minimum absolute atomic E-state index is 0.0809. The highest BCUT2D eigenvalue weighted by atomic mass is 32.1. The van der Waals surface area contributed by atoms with Crippen molar-refractivity contribution in [1.82, 2.24) is 10.3 Å². The maximum absolute atomic E-state index is 5.37. The quantitative estimate of drug-likeness (QED) is 0.903. The van der Waals surface area contributed by atoms with Crippen molar-refractivity contribution in [1.29, 1.82) is 0 Å². The number of thiophene rings is 1. The molecule has 0 aliphatic carbocycles. The fraction of sp³-hybridized carbons (Fsp3) is 0.308. The van der Waals surface area contributed by atoms with Crippen LogP contribution in [0.15, 0.2) is 29.1 Å². The van der Waals surface area contributed by atoms with E-state index in [1.165, 1.54) is 11.1 Å². The van der Waals surface area contributed by atoms with Gasteiger partial charge in [-0.05, 0) is 48.0 Å². The smallest absolute Gasteiger partial charge is 0.142 e. The summed E-state index contributed by atoms with van der Waals surface area (Å²) < 4.78 is 5.37. The summed E-state index contributed by atoms with van der Waals surface area (Å²) in [5.41, 5.74) is 3.47. The molecule has 0 aliphatic rings. The minimum Gasteiger partial charge on any atom is -0.495 e. The molecule has 1 unspecified atom stereocenters. The molecule has 0 amide bonds. The van der Waals surface area contributed by atoms with Crippen molar-refractivity contribution >= 4 is 11.3 Å². The van der Waals surface area contributed by atoms with Crippen molar-refractivity contribution in [3.05, 3.63) is 45.9 Å². The molecule has 0 fully saturated rings. The van der Waals surface area contributed by atoms with Gasteiger partial charge in [0.05, 0.1) is 13.2 Å². The lowest BCUT2D eigenvalue weighted by Crippen LogP contribution is -2.19. The summed E-state index contributed by atoms with van der Waals surface area (Å²) in [6.07, 6.45) is 1.80. The third-order valence-corrected chi connectivity index (χ3v) is 3.67. The maximum Gasteiger partial charge on any atom is 0.142 e. The van der Waals surface area contributed by atoms with Crippen molar-refractivity contribution < 1.29 is 4.74 Å². The van der Waals surface area contributed by atoms with Crippen molar-refractivity contribution in [2.45, 2.75) is 13.0 Å². The predicted octanol–water partition coefficient (Wildman–Crippen LogP) is 2.77. The molecule has 90 valence electrons. The number of pyridine rings is 1. The standard InChI is InChI=1S/C13H16N2OS/c1-9-7-17-8-10(9)12(14-2)13-11(16-3)5-4-6-15-13/h4-8,12,14H,1-3H3. The van der Waals surface area contributed by atoms with Crippen molar-refractivity contribution in [3.63, 3.8) is 0 Å². The summed E-state index contributed by atoms with van der Waals surface area (Å²) >= 11 is 1.71. The van der Waals surface area contributed by atoms with Crippen LogP contribution in [-0.2, 0) is 0 Å². The molecule has 2 heterocycles. The average molecular weight is 248 g/mol. The first kappa shape index (κ1) is 12.1. The van der Waals surface area contributed by atoms with E-state index in [1.54, 1.807) is 24.6 Å². The molecular formula is C13H16N2OS. The van der Waals surface area contributed by atoms with E-state index in [1.807, 2.05) is 19.2 Å². The molecule has 0 aliphatic heterocycles. The Morgan fingerprint density at radius 2 is 2.24 bits per heavy atom. The van der Waals surface area contributed by atoms with Crippen LogP contribution in [-0.4, -0.2) is 19.1 Å². The molecule has 17 heavy (non-hydrogen) atoms. The van der Waals surface area contributed by atoms with E-state index < -0.39 is 0 Å². The normalized spacial score (nSPS) is 12.4. The Morgan fingerprint density at radius 1 is 1.41 bits per heavy atom. The molecule has 0 spiro atoms. The van der Waals surface area contributed by atoms with E-state index in [-0.39, 0.29) is 6.04 Å². The third-order valence-electron chi connectivity index (χ3n) is 2.79. The van der Waals surface area contributed by atoms with Gasteiger partial charge in [0.2, 0.25) is 0 Å². The van der Waals surface area contributed by atoms with Gasteiger partial charge < -0.3 is 10.1 Å². The molecular weight excluding hydrogens is 232 g/mol. The molecule has 3 nitrogen and oxygen atoms in total. The molecule has 2 aromatic heterocycles. The largest absolute Gasteiger partial charge is 0.495 e. The molecule has 1 atom stereocenters. The van der Waals surface area contributed by atoms with Crippen LogP contribution < -0.4 is 10.1 Å². The summed E-state index contributed by atoms with van der Waals surface area (Å²) in [6, 6.07) is 3.90. The van der Waals surface area contributed by atoms with Crippen LogP contribution in [0, 0.1) is 6.92 Å². The number of aromatic nitrogens is 1. The second-order valence-electron chi connectivity index (χ2n) is 3.82. The van der Waals surface area contributed by atoms with E-state index >= 15 is 0 Å². The van der Waals surface area contributed by atoms with Crippen LogP contribution in [0.25, 0.3) is 0 Å². The molecule has 0 saturated carbocycles. The Balaban J connectivity index is 2.46. The van der Waals surface area contributed by atoms with Crippen molar-refractivity contribution in [3.8, 4) is 5.75 Å². The second kappa shape index (κ2) is 5.29. The number of nitrogens with zero attached hydrogens (tertiary/aromatic N) is 1. The Morgan fingerprint density at radius 3 is 2.82 bits per heavy atom. The lowest BCUT2D eigenvalue weighted by atomic mass is 10.0. The molecule has 2 aromatic rings. The van der Waals surface area contributed by atoms with Gasteiger partial charge in [-0.3, -0.25) is 4.98 Å². The van der Waals surface area contributed by atoms with E-state index in [2.05, 4.69) is 28.0 Å². The summed E-state index contributed by atoms with van der Waals surface area (Å²) in [6.45, 7) is 2.12. The maximum atomic E-state index is 5.37. The third kappa shape index (κ3) is 2.33. The zero-order valence-corrected chi connectivity index (χ0v) is 11.0. The van der Waals surface area contributed by atoms with Gasteiger partial charge in [-0.1, -0.05) is 0 Å². The van der Waals surface area contributed by atoms with Gasteiger partial charge >= 0.3 is 0 Å². The molecule has 0 bridgehead atoms. The van der Waals surface area contributed by atoms with Gasteiger partial charge in [0.1, 0.15) is 11.4 Å². The van der Waals surface area contributed by atoms with Crippen LogP contribution in [0.2, 0.25) is 0 Å². The fourth-order valence-corrected chi connectivity index (χ4v) is 2.77.